The van der Waals surface area contributed by atoms with Crippen LogP contribution < -0.4 is 21.3 Å². The summed E-state index contributed by atoms with van der Waals surface area (Å²) in [6.07, 6.45) is 4.88. The molecule has 8 amide bonds. The summed E-state index contributed by atoms with van der Waals surface area (Å²) in [4.78, 5) is 91.8. The van der Waals surface area contributed by atoms with Crippen molar-refractivity contribution in [2.75, 3.05) is 0 Å². The predicted octanol–water partition coefficient (Wildman–Crippen LogP) is 0.149. The van der Waals surface area contributed by atoms with Crippen LogP contribution in [0, 0.1) is 13.8 Å². The van der Waals surface area contributed by atoms with Crippen LogP contribution in [-0.4, -0.2) is 47.3 Å². The van der Waals surface area contributed by atoms with Crippen LogP contribution in [0.15, 0.2) is 60.7 Å². The topological polar surface area (TPSA) is 185 Å². The number of carbonyl (C=O) groups is 8. The minimum atomic E-state index is -0.476. The van der Waals surface area contributed by atoms with Gasteiger partial charge in [0.15, 0.2) is 0 Å². The van der Waals surface area contributed by atoms with Gasteiger partial charge in [-0.15, -0.1) is 0 Å². The standard InChI is InChI=1S/2C15H10N2O4/c2*1-7-2-3-8(10-5-12(18)16-14(10)20)4-9(7)11-6-13(19)17-15(11)21/h2*2-6H,1H3,(H,16,18,20)(H,17,19,21). The SMILES string of the molecule is Cc1ccc(C2=CC(=O)NC2=O)cc1C1=CC(=O)NC1=O.Cc1ccc(C2=CC(=O)NC2=O)cc1C1=CC(=O)NC1=O. The lowest BCUT2D eigenvalue weighted by Crippen LogP contribution is -2.22. The zero-order valence-corrected chi connectivity index (χ0v) is 22.0. The maximum atomic E-state index is 11.7. The lowest BCUT2D eigenvalue weighted by atomic mass is 9.95. The Morgan fingerprint density at radius 1 is 0.405 bits per heavy atom. The van der Waals surface area contributed by atoms with Crippen molar-refractivity contribution in [1.29, 1.82) is 0 Å². The summed E-state index contributed by atoms with van der Waals surface area (Å²) in [6.45, 7) is 3.59. The molecule has 6 rings (SSSR count). The van der Waals surface area contributed by atoms with Crippen LogP contribution in [0.5, 0.6) is 0 Å². The largest absolute Gasteiger partial charge is 0.289 e. The Bertz CT molecular complexity index is 1710. The summed E-state index contributed by atoms with van der Waals surface area (Å²) < 4.78 is 0. The molecule has 4 N–H and O–H groups in total. The molecule has 0 radical (unpaired) electrons. The average molecular weight is 565 g/mol. The Balaban J connectivity index is 0.000000168. The summed E-state index contributed by atoms with van der Waals surface area (Å²) in [5.41, 5.74) is 4.74. The molecule has 0 saturated carbocycles. The van der Waals surface area contributed by atoms with Crippen molar-refractivity contribution >= 4 is 69.5 Å². The van der Waals surface area contributed by atoms with Gasteiger partial charge in [-0.1, -0.05) is 24.3 Å². The maximum Gasteiger partial charge on any atom is 0.258 e. The first-order valence-electron chi connectivity index (χ1n) is 12.4. The van der Waals surface area contributed by atoms with Gasteiger partial charge in [0.05, 0.1) is 22.3 Å². The van der Waals surface area contributed by atoms with E-state index in [4.69, 9.17) is 0 Å². The van der Waals surface area contributed by atoms with E-state index in [1.807, 2.05) is 0 Å². The van der Waals surface area contributed by atoms with Gasteiger partial charge in [0, 0.05) is 24.3 Å². The third kappa shape index (κ3) is 5.23. The third-order valence-corrected chi connectivity index (χ3v) is 6.70. The van der Waals surface area contributed by atoms with Crippen molar-refractivity contribution in [3.63, 3.8) is 0 Å². The Hall–Kier alpha value is -6.04. The van der Waals surface area contributed by atoms with Crippen LogP contribution in [0.4, 0.5) is 0 Å². The molecule has 0 atom stereocenters. The molecule has 0 unspecified atom stereocenters. The molecule has 12 nitrogen and oxygen atoms in total. The molecule has 4 aliphatic rings. The molecule has 12 heteroatoms. The fraction of sp³-hybridized carbons (Fsp3) is 0.0667. The van der Waals surface area contributed by atoms with Crippen LogP contribution >= 0.6 is 0 Å². The minimum absolute atomic E-state index is 0.242. The number of benzene rings is 2. The smallest absolute Gasteiger partial charge is 0.258 e. The van der Waals surface area contributed by atoms with Crippen LogP contribution in [0.1, 0.15) is 33.4 Å². The second-order valence-electron chi connectivity index (χ2n) is 9.56. The summed E-state index contributed by atoms with van der Waals surface area (Å²) in [5.74, 6) is -3.76. The zero-order valence-electron chi connectivity index (χ0n) is 22.0. The van der Waals surface area contributed by atoms with E-state index in [0.29, 0.717) is 22.3 Å². The lowest BCUT2D eigenvalue weighted by molar-refractivity contribution is -0.124. The number of rotatable bonds is 4. The summed E-state index contributed by atoms with van der Waals surface area (Å²) in [6, 6.07) is 10.1. The third-order valence-electron chi connectivity index (χ3n) is 6.70. The van der Waals surface area contributed by atoms with Crippen LogP contribution in [0.3, 0.4) is 0 Å². The number of amides is 8. The van der Waals surface area contributed by atoms with Crippen LogP contribution in [0.25, 0.3) is 22.3 Å². The number of aryl methyl sites for hydroxylation is 2. The molecule has 0 spiro atoms. The van der Waals surface area contributed by atoms with E-state index in [1.165, 1.54) is 24.3 Å². The van der Waals surface area contributed by atoms with Crippen LogP contribution in [-0.2, 0) is 38.4 Å². The van der Waals surface area contributed by atoms with E-state index in [-0.39, 0.29) is 22.3 Å². The second kappa shape index (κ2) is 10.5. The first-order chi connectivity index (χ1) is 19.9. The molecule has 4 heterocycles. The van der Waals surface area contributed by atoms with Gasteiger partial charge in [0.1, 0.15) is 0 Å². The highest BCUT2D eigenvalue weighted by atomic mass is 16.2. The molecule has 0 fully saturated rings. The van der Waals surface area contributed by atoms with Gasteiger partial charge < -0.3 is 0 Å². The van der Waals surface area contributed by atoms with Crippen molar-refractivity contribution in [3.8, 4) is 0 Å². The second-order valence-corrected chi connectivity index (χ2v) is 9.56. The maximum absolute atomic E-state index is 11.7. The van der Waals surface area contributed by atoms with Crippen molar-refractivity contribution in [2.45, 2.75) is 13.8 Å². The molecule has 0 aliphatic carbocycles. The summed E-state index contributed by atoms with van der Waals surface area (Å²) >= 11 is 0. The number of hydrogen-bond acceptors (Lipinski definition) is 8. The highest BCUT2D eigenvalue weighted by Gasteiger charge is 2.28. The molecule has 42 heavy (non-hydrogen) atoms. The fourth-order valence-corrected chi connectivity index (χ4v) is 4.64. The zero-order chi connectivity index (χ0) is 30.3. The van der Waals surface area contributed by atoms with Gasteiger partial charge in [-0.3, -0.25) is 59.6 Å². The van der Waals surface area contributed by atoms with Gasteiger partial charge >= 0.3 is 0 Å². The van der Waals surface area contributed by atoms with Crippen LogP contribution in [0.2, 0.25) is 0 Å². The predicted molar refractivity (Wildman–Crippen MR) is 147 cm³/mol. The summed E-state index contributed by atoms with van der Waals surface area (Å²) in [7, 11) is 0. The quantitative estimate of drug-likeness (QED) is 0.378. The highest BCUT2D eigenvalue weighted by molar-refractivity contribution is 6.36. The van der Waals surface area contributed by atoms with Gasteiger partial charge in [0.25, 0.3) is 47.3 Å². The molecular weight excluding hydrogens is 544 g/mol. The number of nitrogens with one attached hydrogen (secondary N) is 4. The molecular formula is C30H20N4O8. The van der Waals surface area contributed by atoms with E-state index in [1.54, 1.807) is 50.2 Å². The van der Waals surface area contributed by atoms with Crippen molar-refractivity contribution in [2.24, 2.45) is 0 Å². The Kier molecular flexibility index (Phi) is 6.88. The number of imide groups is 4. The molecule has 0 bridgehead atoms. The molecule has 2 aromatic carbocycles. The van der Waals surface area contributed by atoms with Crippen molar-refractivity contribution in [1.82, 2.24) is 21.3 Å². The monoisotopic (exact) mass is 564 g/mol. The van der Waals surface area contributed by atoms with Gasteiger partial charge in [0.2, 0.25) is 0 Å². The molecule has 2 aromatic rings. The van der Waals surface area contributed by atoms with Crippen molar-refractivity contribution < 1.29 is 38.4 Å². The number of hydrogen-bond donors (Lipinski definition) is 4. The Morgan fingerprint density at radius 3 is 0.952 bits per heavy atom. The van der Waals surface area contributed by atoms with E-state index in [2.05, 4.69) is 21.3 Å². The van der Waals surface area contributed by atoms with Gasteiger partial charge in [-0.2, -0.15) is 0 Å². The summed E-state index contributed by atoms with van der Waals surface area (Å²) in [5, 5.41) is 8.69. The van der Waals surface area contributed by atoms with Gasteiger partial charge in [-0.05, 0) is 59.4 Å². The highest BCUT2D eigenvalue weighted by Crippen LogP contribution is 2.28. The molecule has 4 aliphatic heterocycles. The first-order valence-corrected chi connectivity index (χ1v) is 12.4. The average Bonchev–Trinajstić information content (AvgIpc) is 3.65. The minimum Gasteiger partial charge on any atom is -0.289 e. The van der Waals surface area contributed by atoms with E-state index in [9.17, 15) is 38.4 Å². The van der Waals surface area contributed by atoms with Crippen molar-refractivity contribution in [3.05, 3.63) is 94.1 Å². The Morgan fingerprint density at radius 2 is 0.690 bits per heavy atom. The van der Waals surface area contributed by atoms with E-state index in [0.717, 1.165) is 11.1 Å². The Labute approximate surface area is 237 Å². The normalized spacial score (nSPS) is 17.6. The lowest BCUT2D eigenvalue weighted by Gasteiger charge is -2.08. The van der Waals surface area contributed by atoms with E-state index < -0.39 is 47.3 Å². The first kappa shape index (κ1) is 27.5. The van der Waals surface area contributed by atoms with E-state index >= 15 is 0 Å². The number of carbonyl (C=O) groups excluding carboxylic acids is 8. The molecule has 0 aromatic heterocycles. The molecule has 0 saturated heterocycles. The molecule has 208 valence electrons. The fourth-order valence-electron chi connectivity index (χ4n) is 4.64. The van der Waals surface area contributed by atoms with Gasteiger partial charge in [-0.25, -0.2) is 0 Å².